The molecule has 1 heterocycles. The third-order valence-electron chi connectivity index (χ3n) is 4.50. The lowest BCUT2D eigenvalue weighted by molar-refractivity contribution is 0.161. The van der Waals surface area contributed by atoms with E-state index in [1.54, 1.807) is 12.1 Å². The molecule has 2 N–H and O–H groups in total. The van der Waals surface area contributed by atoms with E-state index in [2.05, 4.69) is 34.0 Å². The smallest absolute Gasteiger partial charge is 0.411 e. The quantitative estimate of drug-likeness (QED) is 0.589. The van der Waals surface area contributed by atoms with Gasteiger partial charge in [-0.3, -0.25) is 5.32 Å². The molecule has 0 fully saturated rings. The van der Waals surface area contributed by atoms with Gasteiger partial charge < -0.3 is 14.6 Å². The molecule has 2 aromatic carbocycles. The van der Waals surface area contributed by atoms with E-state index in [0.717, 1.165) is 41.8 Å². The Labute approximate surface area is 163 Å². The average Bonchev–Trinajstić information content (AvgIpc) is 3.10. The summed E-state index contributed by atoms with van der Waals surface area (Å²) in [6.07, 6.45) is 0.282. The van der Waals surface area contributed by atoms with E-state index in [9.17, 15) is 9.18 Å². The van der Waals surface area contributed by atoms with Crippen LogP contribution in [0.4, 0.5) is 20.6 Å². The van der Waals surface area contributed by atoms with Crippen LogP contribution >= 0.6 is 0 Å². The zero-order valence-corrected chi connectivity index (χ0v) is 16.4. The van der Waals surface area contributed by atoms with Crippen LogP contribution in [0, 0.1) is 5.82 Å². The summed E-state index contributed by atoms with van der Waals surface area (Å²) in [6.45, 7) is 8.00. The van der Waals surface area contributed by atoms with Gasteiger partial charge in [0.25, 0.3) is 0 Å². The van der Waals surface area contributed by atoms with E-state index in [1.165, 1.54) is 12.1 Å². The second kappa shape index (κ2) is 8.73. The summed E-state index contributed by atoms with van der Waals surface area (Å²) in [5, 5.41) is 2.84. The molecule has 0 aliphatic carbocycles. The highest BCUT2D eigenvalue weighted by atomic mass is 19.1. The van der Waals surface area contributed by atoms with Gasteiger partial charge in [0.05, 0.1) is 29.0 Å². The molecule has 0 saturated carbocycles. The van der Waals surface area contributed by atoms with Crippen LogP contribution in [0.25, 0.3) is 22.4 Å². The molecule has 6 nitrogen and oxygen atoms in total. The van der Waals surface area contributed by atoms with Crippen molar-refractivity contribution in [2.45, 2.75) is 27.2 Å². The summed E-state index contributed by atoms with van der Waals surface area (Å²) in [6, 6.07) is 9.97. The number of aromatic amines is 1. The predicted octanol–water partition coefficient (Wildman–Crippen LogP) is 5.17. The van der Waals surface area contributed by atoms with Crippen LogP contribution in [0.1, 0.15) is 27.2 Å². The van der Waals surface area contributed by atoms with E-state index in [0.29, 0.717) is 18.1 Å². The van der Waals surface area contributed by atoms with Crippen LogP contribution in [0.15, 0.2) is 36.4 Å². The predicted molar refractivity (Wildman–Crippen MR) is 110 cm³/mol. The lowest BCUT2D eigenvalue weighted by Crippen LogP contribution is -2.24. The van der Waals surface area contributed by atoms with Crippen molar-refractivity contribution in [3.63, 3.8) is 0 Å². The molecule has 3 rings (SSSR count). The second-order valence-corrected chi connectivity index (χ2v) is 6.41. The molecule has 1 amide bonds. The van der Waals surface area contributed by atoms with Crippen LogP contribution in [-0.2, 0) is 4.74 Å². The molecule has 0 radical (unpaired) electrons. The Balaban J connectivity index is 2.02. The molecule has 0 saturated heterocycles. The topological polar surface area (TPSA) is 70.2 Å². The number of ether oxygens (including phenoxy) is 1. The van der Waals surface area contributed by atoms with Crippen LogP contribution in [0.5, 0.6) is 0 Å². The molecule has 3 aromatic rings. The molecular formula is C21H25FN4O2. The molecular weight excluding hydrogens is 359 g/mol. The molecule has 0 aliphatic heterocycles. The van der Waals surface area contributed by atoms with Crippen LogP contribution in [0.2, 0.25) is 0 Å². The molecule has 1 aromatic heterocycles. The van der Waals surface area contributed by atoms with Crippen LogP contribution < -0.4 is 10.2 Å². The Kier molecular flexibility index (Phi) is 6.13. The first kappa shape index (κ1) is 19.7. The number of amides is 1. The fourth-order valence-electron chi connectivity index (χ4n) is 3.06. The SMILES string of the molecule is CCCOC(=O)Nc1cc2[nH]c(-c3ccc(F)cc3)nc2cc1N(CC)CC. The van der Waals surface area contributed by atoms with Gasteiger partial charge in [0.15, 0.2) is 0 Å². The lowest BCUT2D eigenvalue weighted by Gasteiger charge is -2.24. The van der Waals surface area contributed by atoms with Crippen LogP contribution in [-0.4, -0.2) is 35.8 Å². The lowest BCUT2D eigenvalue weighted by atomic mass is 10.2. The Morgan fingerprint density at radius 2 is 1.89 bits per heavy atom. The highest BCUT2D eigenvalue weighted by molar-refractivity contribution is 5.96. The van der Waals surface area contributed by atoms with E-state index >= 15 is 0 Å². The number of imidazole rings is 1. The maximum absolute atomic E-state index is 13.2. The summed E-state index contributed by atoms with van der Waals surface area (Å²) in [5.41, 5.74) is 3.88. The number of fused-ring (bicyclic) bond motifs is 1. The van der Waals surface area contributed by atoms with Crippen molar-refractivity contribution in [2.24, 2.45) is 0 Å². The number of benzene rings is 2. The van der Waals surface area contributed by atoms with Crippen molar-refractivity contribution in [3.05, 3.63) is 42.2 Å². The fourth-order valence-corrected chi connectivity index (χ4v) is 3.06. The first-order chi connectivity index (χ1) is 13.5. The number of hydrogen-bond acceptors (Lipinski definition) is 4. The number of hydrogen-bond donors (Lipinski definition) is 2. The van der Waals surface area contributed by atoms with E-state index in [1.807, 2.05) is 19.1 Å². The fraction of sp³-hybridized carbons (Fsp3) is 0.333. The van der Waals surface area contributed by atoms with Gasteiger partial charge in [0.2, 0.25) is 0 Å². The maximum Gasteiger partial charge on any atom is 0.411 e. The third kappa shape index (κ3) is 4.24. The van der Waals surface area contributed by atoms with Crippen molar-refractivity contribution < 1.29 is 13.9 Å². The van der Waals surface area contributed by atoms with Gasteiger partial charge in [0.1, 0.15) is 11.6 Å². The Bertz CT molecular complexity index is 949. The van der Waals surface area contributed by atoms with Gasteiger partial charge in [0, 0.05) is 18.7 Å². The number of carbonyl (C=O) groups is 1. The zero-order chi connectivity index (χ0) is 20.1. The van der Waals surface area contributed by atoms with Crippen LogP contribution in [0.3, 0.4) is 0 Å². The monoisotopic (exact) mass is 384 g/mol. The average molecular weight is 384 g/mol. The highest BCUT2D eigenvalue weighted by Gasteiger charge is 2.16. The molecule has 0 atom stereocenters. The van der Waals surface area contributed by atoms with Gasteiger partial charge in [-0.25, -0.2) is 14.2 Å². The summed E-state index contributed by atoms with van der Waals surface area (Å²) >= 11 is 0. The molecule has 28 heavy (non-hydrogen) atoms. The van der Waals surface area contributed by atoms with Crippen molar-refractivity contribution in [1.29, 1.82) is 0 Å². The largest absolute Gasteiger partial charge is 0.449 e. The van der Waals surface area contributed by atoms with Crippen molar-refractivity contribution >= 4 is 28.5 Å². The van der Waals surface area contributed by atoms with E-state index in [4.69, 9.17) is 4.74 Å². The van der Waals surface area contributed by atoms with Gasteiger partial charge in [-0.2, -0.15) is 0 Å². The number of carbonyl (C=O) groups excluding carboxylic acids is 1. The zero-order valence-electron chi connectivity index (χ0n) is 16.4. The number of anilines is 2. The van der Waals surface area contributed by atoms with Gasteiger partial charge in [-0.05, 0) is 56.7 Å². The Morgan fingerprint density at radius 3 is 2.54 bits per heavy atom. The standard InChI is InChI=1S/C21H25FN4O2/c1-4-11-28-21(27)25-18-12-16-17(13-19(18)26(5-2)6-3)24-20(23-16)14-7-9-15(22)10-8-14/h7-10,12-13H,4-6,11H2,1-3H3,(H,23,24)(H,25,27). The highest BCUT2D eigenvalue weighted by Crippen LogP contribution is 2.32. The number of nitrogens with zero attached hydrogens (tertiary/aromatic N) is 2. The first-order valence-electron chi connectivity index (χ1n) is 9.54. The maximum atomic E-state index is 13.2. The summed E-state index contributed by atoms with van der Waals surface area (Å²) in [5.74, 6) is 0.354. The Hall–Kier alpha value is -3.09. The van der Waals surface area contributed by atoms with Gasteiger partial charge in [-0.15, -0.1) is 0 Å². The van der Waals surface area contributed by atoms with Crippen molar-refractivity contribution in [1.82, 2.24) is 9.97 Å². The summed E-state index contributed by atoms with van der Waals surface area (Å²) in [4.78, 5) is 22.1. The summed E-state index contributed by atoms with van der Waals surface area (Å²) in [7, 11) is 0. The van der Waals surface area contributed by atoms with E-state index in [-0.39, 0.29) is 5.82 Å². The van der Waals surface area contributed by atoms with E-state index < -0.39 is 6.09 Å². The molecule has 0 aliphatic rings. The normalized spacial score (nSPS) is 10.9. The van der Waals surface area contributed by atoms with Crippen molar-refractivity contribution in [2.75, 3.05) is 29.9 Å². The van der Waals surface area contributed by atoms with Gasteiger partial charge in [-0.1, -0.05) is 6.92 Å². The molecule has 7 heteroatoms. The van der Waals surface area contributed by atoms with Gasteiger partial charge >= 0.3 is 6.09 Å². The molecule has 0 bridgehead atoms. The second-order valence-electron chi connectivity index (χ2n) is 6.41. The number of aromatic nitrogens is 2. The third-order valence-corrected chi connectivity index (χ3v) is 4.50. The minimum atomic E-state index is -0.479. The minimum Gasteiger partial charge on any atom is -0.449 e. The number of nitrogens with one attached hydrogen (secondary N) is 2. The molecule has 0 unspecified atom stereocenters. The number of rotatable bonds is 7. The molecule has 0 spiro atoms. The summed E-state index contributed by atoms with van der Waals surface area (Å²) < 4.78 is 18.4. The number of H-pyrrole nitrogens is 1. The molecule has 148 valence electrons. The van der Waals surface area contributed by atoms with Crippen molar-refractivity contribution in [3.8, 4) is 11.4 Å². The Morgan fingerprint density at radius 1 is 1.18 bits per heavy atom. The minimum absolute atomic E-state index is 0.291. The number of halogens is 1. The first-order valence-corrected chi connectivity index (χ1v) is 9.54.